The van der Waals surface area contributed by atoms with Crippen LogP contribution >= 0.6 is 0 Å². The van der Waals surface area contributed by atoms with Crippen molar-refractivity contribution in [2.75, 3.05) is 6.54 Å². The number of aromatic amines is 1. The summed E-state index contributed by atoms with van der Waals surface area (Å²) in [6, 6.07) is 7.22. The van der Waals surface area contributed by atoms with Crippen molar-refractivity contribution in [3.8, 4) is 0 Å². The number of barbiturate groups is 1. The van der Waals surface area contributed by atoms with Gasteiger partial charge in [-0.1, -0.05) is 25.1 Å². The molecular weight excluding hydrogens is 308 g/mol. The van der Waals surface area contributed by atoms with Gasteiger partial charge in [-0.15, -0.1) is 0 Å². The van der Waals surface area contributed by atoms with Crippen LogP contribution in [0.15, 0.2) is 35.5 Å². The summed E-state index contributed by atoms with van der Waals surface area (Å²) in [5.74, 6) is -2.26. The molecule has 0 aliphatic carbocycles. The third-order valence-corrected chi connectivity index (χ3v) is 4.06. The summed E-state index contributed by atoms with van der Waals surface area (Å²) >= 11 is 0. The highest BCUT2D eigenvalue weighted by atomic mass is 16.2. The van der Waals surface area contributed by atoms with E-state index in [-0.39, 0.29) is 0 Å². The number of para-hydroxylation sites is 1. The van der Waals surface area contributed by atoms with Crippen LogP contribution in [0.25, 0.3) is 10.9 Å². The number of urea groups is 1. The number of aromatic nitrogens is 1. The van der Waals surface area contributed by atoms with Crippen molar-refractivity contribution in [2.45, 2.75) is 19.8 Å². The van der Waals surface area contributed by atoms with Crippen LogP contribution in [0.2, 0.25) is 0 Å². The van der Waals surface area contributed by atoms with Gasteiger partial charge in [-0.2, -0.15) is 0 Å². The molecule has 2 heterocycles. The second-order valence-electron chi connectivity index (χ2n) is 5.58. The molecule has 3 rings (SSSR count). The number of hydrogen-bond acceptors (Lipinski definition) is 4. The number of nitrogens with zero attached hydrogens (tertiary/aromatic N) is 1. The van der Waals surface area contributed by atoms with E-state index < -0.39 is 23.8 Å². The monoisotopic (exact) mass is 326 g/mol. The molecule has 24 heavy (non-hydrogen) atoms. The Balaban J connectivity index is 1.73. The van der Waals surface area contributed by atoms with Crippen LogP contribution in [0.3, 0.4) is 0 Å². The Hall–Kier alpha value is -2.96. The topological polar surface area (TPSA) is 103 Å². The highest BCUT2D eigenvalue weighted by molar-refractivity contribution is 6.27. The molecule has 124 valence electrons. The van der Waals surface area contributed by atoms with E-state index in [1.165, 1.54) is 0 Å². The number of H-pyrrole nitrogens is 1. The van der Waals surface area contributed by atoms with Gasteiger partial charge in [0, 0.05) is 29.4 Å². The molecule has 0 radical (unpaired) electrons. The van der Waals surface area contributed by atoms with Crippen molar-refractivity contribution in [1.82, 2.24) is 15.6 Å². The first kappa shape index (κ1) is 15.9. The van der Waals surface area contributed by atoms with Crippen molar-refractivity contribution in [3.05, 3.63) is 36.0 Å². The molecule has 2 aromatic rings. The largest absolute Gasteiger partial charge is 0.361 e. The standard InChI is InChI=1S/C17H18N4O3/c1-2-12(14-15(22)20-17(24)21-16(14)23)18-8-7-10-9-19-13-6-4-3-5-11(10)13/h3-6,9,14,19H,2,7-8H2,1H3,(H2,20,21,22,23,24). The third-order valence-electron chi connectivity index (χ3n) is 4.06. The molecule has 1 saturated heterocycles. The molecule has 0 atom stereocenters. The van der Waals surface area contributed by atoms with Gasteiger partial charge < -0.3 is 4.98 Å². The van der Waals surface area contributed by atoms with Gasteiger partial charge in [-0.25, -0.2) is 4.79 Å². The van der Waals surface area contributed by atoms with Crippen LogP contribution in [0, 0.1) is 5.92 Å². The smallest absolute Gasteiger partial charge is 0.328 e. The van der Waals surface area contributed by atoms with Gasteiger partial charge in [0.05, 0.1) is 0 Å². The van der Waals surface area contributed by atoms with Crippen LogP contribution in [0.5, 0.6) is 0 Å². The lowest BCUT2D eigenvalue weighted by atomic mass is 9.97. The van der Waals surface area contributed by atoms with Gasteiger partial charge in [-0.3, -0.25) is 25.2 Å². The molecule has 1 aliphatic heterocycles. The molecule has 3 N–H and O–H groups in total. The van der Waals surface area contributed by atoms with Crippen LogP contribution in [-0.2, 0) is 16.0 Å². The minimum atomic E-state index is -1.03. The summed E-state index contributed by atoms with van der Waals surface area (Å²) in [5, 5.41) is 5.36. The van der Waals surface area contributed by atoms with E-state index in [2.05, 4.69) is 20.6 Å². The first-order chi connectivity index (χ1) is 11.6. The lowest BCUT2D eigenvalue weighted by molar-refractivity contribution is -0.132. The molecule has 1 aliphatic rings. The molecule has 0 saturated carbocycles. The van der Waals surface area contributed by atoms with Gasteiger partial charge in [-0.05, 0) is 24.5 Å². The predicted molar refractivity (Wildman–Crippen MR) is 89.8 cm³/mol. The molecule has 1 aromatic heterocycles. The number of amides is 4. The zero-order valence-electron chi connectivity index (χ0n) is 13.3. The van der Waals surface area contributed by atoms with E-state index in [0.717, 1.165) is 16.5 Å². The highest BCUT2D eigenvalue weighted by Crippen LogP contribution is 2.18. The second-order valence-corrected chi connectivity index (χ2v) is 5.58. The van der Waals surface area contributed by atoms with Gasteiger partial charge in [0.15, 0.2) is 5.92 Å². The van der Waals surface area contributed by atoms with Crippen LogP contribution in [-0.4, -0.2) is 35.1 Å². The summed E-state index contributed by atoms with van der Waals surface area (Å²) in [6.07, 6.45) is 3.11. The SMILES string of the molecule is CCC(=NCCc1c[nH]c2ccccc12)C1C(=O)NC(=O)NC1=O. The number of imide groups is 2. The number of aliphatic imine (C=N–C) groups is 1. The number of nitrogens with one attached hydrogen (secondary N) is 3. The average Bonchev–Trinajstić information content (AvgIpc) is 2.96. The Bertz CT molecular complexity index is 817. The summed E-state index contributed by atoms with van der Waals surface area (Å²) in [5.41, 5.74) is 2.69. The van der Waals surface area contributed by atoms with Crippen molar-refractivity contribution in [1.29, 1.82) is 0 Å². The molecule has 0 bridgehead atoms. The summed E-state index contributed by atoms with van der Waals surface area (Å²) in [7, 11) is 0. The minimum absolute atomic E-state index is 0.466. The number of hydrogen-bond donors (Lipinski definition) is 3. The number of carbonyl (C=O) groups excluding carboxylic acids is 3. The Kier molecular flexibility index (Phi) is 4.41. The fraction of sp³-hybridized carbons (Fsp3) is 0.294. The van der Waals surface area contributed by atoms with Crippen molar-refractivity contribution in [3.63, 3.8) is 0 Å². The molecular formula is C17H18N4O3. The van der Waals surface area contributed by atoms with Crippen molar-refractivity contribution < 1.29 is 14.4 Å². The molecule has 4 amide bonds. The zero-order valence-corrected chi connectivity index (χ0v) is 13.3. The Morgan fingerprint density at radius 3 is 2.54 bits per heavy atom. The van der Waals surface area contributed by atoms with E-state index in [1.807, 2.05) is 37.4 Å². The normalized spacial score (nSPS) is 16.4. The summed E-state index contributed by atoms with van der Waals surface area (Å²) in [4.78, 5) is 42.6. The van der Waals surface area contributed by atoms with Crippen molar-refractivity contribution >= 4 is 34.5 Å². The van der Waals surface area contributed by atoms with Crippen LogP contribution in [0.1, 0.15) is 18.9 Å². The first-order valence-corrected chi connectivity index (χ1v) is 7.84. The Labute approximate surface area is 138 Å². The van der Waals surface area contributed by atoms with E-state index in [4.69, 9.17) is 0 Å². The van der Waals surface area contributed by atoms with E-state index in [0.29, 0.717) is 25.1 Å². The lowest BCUT2D eigenvalue weighted by Gasteiger charge is -2.21. The van der Waals surface area contributed by atoms with Gasteiger partial charge in [0.2, 0.25) is 11.8 Å². The molecule has 7 heteroatoms. The maximum atomic E-state index is 11.9. The Morgan fingerprint density at radius 2 is 1.83 bits per heavy atom. The molecule has 0 unspecified atom stereocenters. The number of carbonyl (C=O) groups is 3. The first-order valence-electron chi connectivity index (χ1n) is 7.84. The molecule has 1 aromatic carbocycles. The molecule has 7 nitrogen and oxygen atoms in total. The van der Waals surface area contributed by atoms with Crippen LogP contribution in [0.4, 0.5) is 4.79 Å². The quantitative estimate of drug-likeness (QED) is 0.573. The molecule has 1 fully saturated rings. The number of benzene rings is 1. The van der Waals surface area contributed by atoms with Crippen LogP contribution < -0.4 is 10.6 Å². The lowest BCUT2D eigenvalue weighted by Crippen LogP contribution is -2.57. The minimum Gasteiger partial charge on any atom is -0.361 e. The highest BCUT2D eigenvalue weighted by Gasteiger charge is 2.37. The number of rotatable bonds is 5. The predicted octanol–water partition coefficient (Wildman–Crippen LogP) is 1.54. The second kappa shape index (κ2) is 6.66. The summed E-state index contributed by atoms with van der Waals surface area (Å²) in [6.45, 7) is 2.30. The maximum absolute atomic E-state index is 11.9. The average molecular weight is 326 g/mol. The maximum Gasteiger partial charge on any atom is 0.328 e. The fourth-order valence-electron chi connectivity index (χ4n) is 2.89. The van der Waals surface area contributed by atoms with Gasteiger partial charge in [0.25, 0.3) is 0 Å². The van der Waals surface area contributed by atoms with E-state index >= 15 is 0 Å². The van der Waals surface area contributed by atoms with Crippen molar-refractivity contribution in [2.24, 2.45) is 10.9 Å². The van der Waals surface area contributed by atoms with Gasteiger partial charge in [0.1, 0.15) is 0 Å². The van der Waals surface area contributed by atoms with E-state index in [1.54, 1.807) is 0 Å². The zero-order chi connectivity index (χ0) is 17.1. The van der Waals surface area contributed by atoms with E-state index in [9.17, 15) is 14.4 Å². The number of fused-ring (bicyclic) bond motifs is 1. The summed E-state index contributed by atoms with van der Waals surface area (Å²) < 4.78 is 0. The molecule has 0 spiro atoms. The Morgan fingerprint density at radius 1 is 1.12 bits per heavy atom. The van der Waals surface area contributed by atoms with Gasteiger partial charge >= 0.3 is 6.03 Å². The third kappa shape index (κ3) is 3.05. The fourth-order valence-corrected chi connectivity index (χ4v) is 2.89.